The molecule has 0 aliphatic carbocycles. The summed E-state index contributed by atoms with van der Waals surface area (Å²) in [4.78, 5) is 24.6. The van der Waals surface area contributed by atoms with Crippen molar-refractivity contribution in [1.82, 2.24) is 16.1 Å². The number of aliphatic hydroxyl groups is 1. The molecule has 0 radical (unpaired) electrons. The van der Waals surface area contributed by atoms with E-state index in [0.717, 1.165) is 14.7 Å². The molecule has 0 saturated heterocycles. The number of aliphatic hydroxyl groups excluding tert-OH is 1. The lowest BCUT2D eigenvalue weighted by Crippen LogP contribution is -2.45. The standard InChI is InChI=1S/C33H37IN4O8/c1-5-43-27-15-22(9-13-25(27)45-18-21-7-11-24(34)12-8-21)17-35-38-29(39)19-46-26-14-10-23(16-28(26)44-6-2)31-30(32(40)42-4)20(3)36-33(41)37-31/h7-17,29,31,38-39H,5-6,18-19H2,1-4H3,(H2,36,37,41)/b35-17-/t29-,31+/m0/s1. The van der Waals surface area contributed by atoms with Gasteiger partial charge in [0.25, 0.3) is 0 Å². The van der Waals surface area contributed by atoms with E-state index in [9.17, 15) is 14.7 Å². The first-order chi connectivity index (χ1) is 22.2. The second-order valence-electron chi connectivity index (χ2n) is 9.97. The third-order valence-electron chi connectivity index (χ3n) is 6.68. The van der Waals surface area contributed by atoms with Gasteiger partial charge in [0.1, 0.15) is 13.2 Å². The van der Waals surface area contributed by atoms with Gasteiger partial charge in [-0.1, -0.05) is 18.2 Å². The van der Waals surface area contributed by atoms with Gasteiger partial charge < -0.3 is 39.4 Å². The number of carbonyl (C=O) groups excluding carboxylic acids is 2. The molecule has 3 aromatic rings. The predicted molar refractivity (Wildman–Crippen MR) is 180 cm³/mol. The molecule has 12 nitrogen and oxygen atoms in total. The SMILES string of the molecule is CCOc1cc(/C=N\N[C@@H](O)COc2ccc([C@H]3NC(=O)NC(C)=C3C(=O)OC)cc2OCC)ccc1OCc1ccc(I)cc1. The van der Waals surface area contributed by atoms with Crippen molar-refractivity contribution in [2.75, 3.05) is 26.9 Å². The van der Waals surface area contributed by atoms with Crippen molar-refractivity contribution in [2.45, 2.75) is 39.6 Å². The Morgan fingerprint density at radius 3 is 2.35 bits per heavy atom. The topological polar surface area (TPSA) is 149 Å². The molecule has 46 heavy (non-hydrogen) atoms. The van der Waals surface area contributed by atoms with Gasteiger partial charge in [-0.3, -0.25) is 5.43 Å². The first kappa shape index (κ1) is 34.4. The van der Waals surface area contributed by atoms with Crippen LogP contribution in [0.3, 0.4) is 0 Å². The van der Waals surface area contributed by atoms with Gasteiger partial charge >= 0.3 is 12.0 Å². The van der Waals surface area contributed by atoms with Gasteiger partial charge in [-0.2, -0.15) is 5.10 Å². The third kappa shape index (κ3) is 9.26. The van der Waals surface area contributed by atoms with Crippen LogP contribution in [0.25, 0.3) is 0 Å². The molecule has 0 aromatic heterocycles. The van der Waals surface area contributed by atoms with Gasteiger partial charge in [0.05, 0.1) is 38.2 Å². The number of ether oxygens (including phenoxy) is 5. The summed E-state index contributed by atoms with van der Waals surface area (Å²) in [6.07, 6.45) is 0.407. The average Bonchev–Trinajstić information content (AvgIpc) is 3.04. The lowest BCUT2D eigenvalue weighted by Gasteiger charge is -2.28. The Balaban J connectivity index is 1.37. The molecule has 2 atom stereocenters. The quantitative estimate of drug-likeness (QED) is 0.0567. The highest BCUT2D eigenvalue weighted by atomic mass is 127. The number of nitrogens with zero attached hydrogens (tertiary/aromatic N) is 1. The maximum absolute atomic E-state index is 12.5. The summed E-state index contributed by atoms with van der Waals surface area (Å²) < 4.78 is 29.4. The molecule has 0 fully saturated rings. The van der Waals surface area contributed by atoms with E-state index in [1.807, 2.05) is 56.3 Å². The van der Waals surface area contributed by atoms with Crippen LogP contribution < -0.4 is 35.0 Å². The summed E-state index contributed by atoms with van der Waals surface area (Å²) in [6.45, 7) is 6.40. The van der Waals surface area contributed by atoms with Crippen molar-refractivity contribution in [1.29, 1.82) is 0 Å². The van der Waals surface area contributed by atoms with Gasteiger partial charge in [0.15, 0.2) is 29.2 Å². The summed E-state index contributed by atoms with van der Waals surface area (Å²) >= 11 is 2.26. The van der Waals surface area contributed by atoms with Gasteiger partial charge in [-0.25, -0.2) is 9.59 Å². The fourth-order valence-electron chi connectivity index (χ4n) is 4.55. The van der Waals surface area contributed by atoms with E-state index in [4.69, 9.17) is 23.7 Å². The molecule has 244 valence electrons. The Kier molecular flexibility index (Phi) is 12.5. The second kappa shape index (κ2) is 16.7. The van der Waals surface area contributed by atoms with E-state index in [2.05, 4.69) is 43.8 Å². The second-order valence-corrected chi connectivity index (χ2v) is 11.2. The number of esters is 1. The van der Waals surface area contributed by atoms with Crippen molar-refractivity contribution in [3.05, 3.63) is 92.2 Å². The number of benzene rings is 3. The van der Waals surface area contributed by atoms with Gasteiger partial charge in [0.2, 0.25) is 0 Å². The molecule has 0 bridgehead atoms. The number of urea groups is 1. The molecule has 1 heterocycles. The van der Waals surface area contributed by atoms with Gasteiger partial charge in [0, 0.05) is 9.27 Å². The zero-order chi connectivity index (χ0) is 33.1. The van der Waals surface area contributed by atoms with Crippen LogP contribution in [0, 0.1) is 3.57 Å². The number of amides is 2. The van der Waals surface area contributed by atoms with E-state index in [1.54, 1.807) is 31.3 Å². The molecular formula is C33H37IN4O8. The molecule has 4 N–H and O–H groups in total. The number of hydrazone groups is 1. The fraction of sp³-hybridized carbons (Fsp3) is 0.303. The first-order valence-electron chi connectivity index (χ1n) is 14.6. The number of hydrogen-bond acceptors (Lipinski definition) is 10. The van der Waals surface area contributed by atoms with E-state index in [0.29, 0.717) is 54.1 Å². The van der Waals surface area contributed by atoms with Crippen molar-refractivity contribution in [2.24, 2.45) is 5.10 Å². The number of methoxy groups -OCH3 is 1. The zero-order valence-electron chi connectivity index (χ0n) is 26.0. The maximum Gasteiger partial charge on any atom is 0.337 e. The van der Waals surface area contributed by atoms with E-state index in [1.165, 1.54) is 7.11 Å². The molecule has 4 rings (SSSR count). The Hall–Kier alpha value is -4.50. The van der Waals surface area contributed by atoms with Crippen LogP contribution in [0.2, 0.25) is 0 Å². The molecule has 3 aromatic carbocycles. The van der Waals surface area contributed by atoms with E-state index < -0.39 is 24.3 Å². The number of carbonyl (C=O) groups is 2. The van der Waals surface area contributed by atoms with Crippen LogP contribution in [0.15, 0.2) is 77.0 Å². The number of allylic oxidation sites excluding steroid dienone is 1. The van der Waals surface area contributed by atoms with E-state index in [-0.39, 0.29) is 12.2 Å². The summed E-state index contributed by atoms with van der Waals surface area (Å²) in [7, 11) is 1.28. The lowest BCUT2D eigenvalue weighted by molar-refractivity contribution is -0.136. The minimum atomic E-state index is -1.14. The highest BCUT2D eigenvalue weighted by Crippen LogP contribution is 2.35. The highest BCUT2D eigenvalue weighted by Gasteiger charge is 2.32. The van der Waals surface area contributed by atoms with Crippen LogP contribution in [0.1, 0.15) is 43.5 Å². The molecule has 0 unspecified atom stereocenters. The van der Waals surface area contributed by atoms with Gasteiger partial charge in [-0.15, -0.1) is 0 Å². The fourth-order valence-corrected chi connectivity index (χ4v) is 4.91. The first-order valence-corrected chi connectivity index (χ1v) is 15.7. The van der Waals surface area contributed by atoms with Crippen molar-refractivity contribution < 1.29 is 38.4 Å². The predicted octanol–water partition coefficient (Wildman–Crippen LogP) is 4.79. The molecule has 13 heteroatoms. The Morgan fingerprint density at radius 1 is 0.978 bits per heavy atom. The molecular weight excluding hydrogens is 707 g/mol. The van der Waals surface area contributed by atoms with Crippen LogP contribution in [-0.4, -0.2) is 56.5 Å². The number of rotatable bonds is 15. The Bertz CT molecular complexity index is 1580. The normalized spacial score (nSPS) is 15.1. The number of hydrogen-bond donors (Lipinski definition) is 4. The third-order valence-corrected chi connectivity index (χ3v) is 7.40. The Morgan fingerprint density at radius 2 is 1.65 bits per heavy atom. The molecule has 0 spiro atoms. The smallest absolute Gasteiger partial charge is 0.337 e. The molecule has 1 aliphatic heterocycles. The largest absolute Gasteiger partial charge is 0.490 e. The number of nitrogens with one attached hydrogen (secondary N) is 3. The van der Waals surface area contributed by atoms with Crippen molar-refractivity contribution in [3.63, 3.8) is 0 Å². The summed E-state index contributed by atoms with van der Waals surface area (Å²) in [5.74, 6) is 1.36. The van der Waals surface area contributed by atoms with Gasteiger partial charge in [-0.05, 0) is 103 Å². The minimum absolute atomic E-state index is 0.150. The van der Waals surface area contributed by atoms with Crippen LogP contribution in [0.5, 0.6) is 23.0 Å². The average molecular weight is 745 g/mol. The summed E-state index contributed by atoms with van der Waals surface area (Å²) in [5.41, 5.74) is 5.68. The number of halogens is 1. The zero-order valence-corrected chi connectivity index (χ0v) is 28.1. The summed E-state index contributed by atoms with van der Waals surface area (Å²) in [6, 6.07) is 17.4. The van der Waals surface area contributed by atoms with Crippen LogP contribution in [-0.2, 0) is 16.1 Å². The molecule has 1 aliphatic rings. The van der Waals surface area contributed by atoms with Crippen LogP contribution in [0.4, 0.5) is 4.79 Å². The lowest BCUT2D eigenvalue weighted by atomic mass is 9.95. The molecule has 2 amide bonds. The summed E-state index contributed by atoms with van der Waals surface area (Å²) in [5, 5.41) is 20.0. The van der Waals surface area contributed by atoms with E-state index >= 15 is 0 Å². The minimum Gasteiger partial charge on any atom is -0.490 e. The monoisotopic (exact) mass is 744 g/mol. The van der Waals surface area contributed by atoms with Crippen LogP contribution >= 0.6 is 22.6 Å². The highest BCUT2D eigenvalue weighted by molar-refractivity contribution is 14.1. The van der Waals surface area contributed by atoms with Crippen molar-refractivity contribution >= 4 is 40.8 Å². The Labute approximate surface area is 281 Å². The van der Waals surface area contributed by atoms with Crippen molar-refractivity contribution in [3.8, 4) is 23.0 Å². The molecule has 0 saturated carbocycles. The maximum atomic E-state index is 12.5.